The van der Waals surface area contributed by atoms with Crippen LogP contribution in [0.25, 0.3) is 0 Å². The number of hydrogen-bond donors (Lipinski definition) is 1. The highest BCUT2D eigenvalue weighted by atomic mass is 15.2. The molecule has 3 heteroatoms. The maximum absolute atomic E-state index is 4.25. The highest BCUT2D eigenvalue weighted by molar-refractivity contribution is 5.28. The molecular weight excluding hydrogens is 210 g/mol. The van der Waals surface area contributed by atoms with Crippen molar-refractivity contribution in [3.8, 4) is 0 Å². The van der Waals surface area contributed by atoms with Gasteiger partial charge in [0.05, 0.1) is 12.2 Å². The molecule has 0 aliphatic carbocycles. The van der Waals surface area contributed by atoms with Crippen LogP contribution in [0.4, 0.5) is 0 Å². The highest BCUT2D eigenvalue weighted by Crippen LogP contribution is 2.21. The zero-order valence-electron chi connectivity index (χ0n) is 10.4. The number of aryl methyl sites for hydroxylation is 1. The lowest BCUT2D eigenvalue weighted by atomic mass is 10.0. The van der Waals surface area contributed by atoms with E-state index in [0.29, 0.717) is 0 Å². The van der Waals surface area contributed by atoms with Crippen LogP contribution in [0.15, 0.2) is 42.7 Å². The fraction of sp³-hybridized carbons (Fsp3) is 0.357. The molecule has 3 nitrogen and oxygen atoms in total. The molecule has 0 fully saturated rings. The van der Waals surface area contributed by atoms with Gasteiger partial charge in [0.1, 0.15) is 0 Å². The van der Waals surface area contributed by atoms with Gasteiger partial charge in [0.2, 0.25) is 0 Å². The number of aromatic nitrogens is 2. The molecule has 1 unspecified atom stereocenters. The summed E-state index contributed by atoms with van der Waals surface area (Å²) >= 11 is 0. The van der Waals surface area contributed by atoms with Crippen LogP contribution in [0.1, 0.15) is 30.5 Å². The molecule has 1 heterocycles. The van der Waals surface area contributed by atoms with Gasteiger partial charge in [-0.1, -0.05) is 37.3 Å². The minimum atomic E-state index is 0.241. The number of nitrogens with one attached hydrogen (secondary N) is 1. The maximum Gasteiger partial charge on any atom is 0.0607 e. The monoisotopic (exact) mass is 229 g/mol. The molecule has 1 aromatic carbocycles. The Morgan fingerprint density at radius 3 is 2.59 bits per heavy atom. The van der Waals surface area contributed by atoms with Crippen molar-refractivity contribution in [3.05, 3.63) is 53.9 Å². The summed E-state index contributed by atoms with van der Waals surface area (Å²) < 4.78 is 1.85. The number of rotatable bonds is 5. The van der Waals surface area contributed by atoms with Crippen LogP contribution in [0, 0.1) is 0 Å². The standard InChI is InChI=1S/C14H19N3/c1-3-9-15-14(12-7-5-4-6-8-12)13-10-16-17(2)11-13/h4-8,10-11,14-15H,3,9H2,1-2H3. The molecule has 90 valence electrons. The maximum atomic E-state index is 4.25. The summed E-state index contributed by atoms with van der Waals surface area (Å²) in [6.45, 7) is 3.19. The van der Waals surface area contributed by atoms with Gasteiger partial charge in [-0.15, -0.1) is 0 Å². The average Bonchev–Trinajstić information content (AvgIpc) is 2.78. The Labute approximate surface area is 102 Å². The van der Waals surface area contributed by atoms with Crippen molar-refractivity contribution in [3.63, 3.8) is 0 Å². The van der Waals surface area contributed by atoms with E-state index >= 15 is 0 Å². The Kier molecular flexibility index (Phi) is 3.94. The van der Waals surface area contributed by atoms with Crippen molar-refractivity contribution in [2.24, 2.45) is 7.05 Å². The SMILES string of the molecule is CCCNC(c1ccccc1)c1cnn(C)c1. The first kappa shape index (κ1) is 11.9. The van der Waals surface area contributed by atoms with Gasteiger partial charge in [0.25, 0.3) is 0 Å². The minimum absolute atomic E-state index is 0.241. The average molecular weight is 229 g/mol. The van der Waals surface area contributed by atoms with Crippen molar-refractivity contribution in [2.45, 2.75) is 19.4 Å². The first-order valence-corrected chi connectivity index (χ1v) is 6.08. The van der Waals surface area contributed by atoms with Crippen LogP contribution >= 0.6 is 0 Å². The van der Waals surface area contributed by atoms with Crippen molar-refractivity contribution in [1.82, 2.24) is 15.1 Å². The van der Waals surface area contributed by atoms with Crippen LogP contribution in [0.3, 0.4) is 0 Å². The molecule has 0 spiro atoms. The number of benzene rings is 1. The van der Waals surface area contributed by atoms with E-state index in [0.717, 1.165) is 13.0 Å². The van der Waals surface area contributed by atoms with E-state index in [2.05, 4.69) is 47.8 Å². The van der Waals surface area contributed by atoms with Crippen molar-refractivity contribution in [2.75, 3.05) is 6.54 Å². The Hall–Kier alpha value is -1.61. The predicted molar refractivity (Wildman–Crippen MR) is 69.8 cm³/mol. The van der Waals surface area contributed by atoms with Gasteiger partial charge in [-0.2, -0.15) is 5.10 Å². The molecule has 2 rings (SSSR count). The number of hydrogen-bond acceptors (Lipinski definition) is 2. The third-order valence-electron chi connectivity index (χ3n) is 2.79. The van der Waals surface area contributed by atoms with Gasteiger partial charge in [-0.3, -0.25) is 4.68 Å². The fourth-order valence-corrected chi connectivity index (χ4v) is 1.95. The van der Waals surface area contributed by atoms with Crippen LogP contribution in [0.5, 0.6) is 0 Å². The first-order valence-electron chi connectivity index (χ1n) is 6.08. The fourth-order valence-electron chi connectivity index (χ4n) is 1.95. The normalized spacial score (nSPS) is 12.6. The highest BCUT2D eigenvalue weighted by Gasteiger charge is 2.14. The summed E-state index contributed by atoms with van der Waals surface area (Å²) in [7, 11) is 1.95. The van der Waals surface area contributed by atoms with Gasteiger partial charge in [-0.05, 0) is 18.5 Å². The lowest BCUT2D eigenvalue weighted by molar-refractivity contribution is 0.598. The molecule has 0 bridgehead atoms. The van der Waals surface area contributed by atoms with Gasteiger partial charge in [0.15, 0.2) is 0 Å². The second kappa shape index (κ2) is 5.64. The molecule has 1 atom stereocenters. The largest absolute Gasteiger partial charge is 0.306 e. The third-order valence-corrected chi connectivity index (χ3v) is 2.79. The third kappa shape index (κ3) is 2.94. The molecule has 0 amide bonds. The Morgan fingerprint density at radius 1 is 1.24 bits per heavy atom. The quantitative estimate of drug-likeness (QED) is 0.853. The van der Waals surface area contributed by atoms with Crippen LogP contribution in [-0.4, -0.2) is 16.3 Å². The Balaban J connectivity index is 2.25. The summed E-state index contributed by atoms with van der Waals surface area (Å²) in [4.78, 5) is 0. The Bertz CT molecular complexity index is 448. The minimum Gasteiger partial charge on any atom is -0.306 e. The molecular formula is C14H19N3. The molecule has 0 aliphatic heterocycles. The van der Waals surface area contributed by atoms with Crippen LogP contribution < -0.4 is 5.32 Å². The molecule has 0 saturated carbocycles. The molecule has 0 radical (unpaired) electrons. The van der Waals surface area contributed by atoms with E-state index in [-0.39, 0.29) is 6.04 Å². The predicted octanol–water partition coefficient (Wildman–Crippen LogP) is 2.51. The molecule has 17 heavy (non-hydrogen) atoms. The first-order chi connectivity index (χ1) is 8.31. The summed E-state index contributed by atoms with van der Waals surface area (Å²) in [5.74, 6) is 0. The van der Waals surface area contributed by atoms with Crippen molar-refractivity contribution < 1.29 is 0 Å². The van der Waals surface area contributed by atoms with E-state index in [9.17, 15) is 0 Å². The zero-order chi connectivity index (χ0) is 12.1. The van der Waals surface area contributed by atoms with E-state index in [1.165, 1.54) is 11.1 Å². The van der Waals surface area contributed by atoms with Crippen LogP contribution in [-0.2, 0) is 7.05 Å². The van der Waals surface area contributed by atoms with Crippen LogP contribution in [0.2, 0.25) is 0 Å². The second-order valence-electron chi connectivity index (χ2n) is 4.25. The van der Waals surface area contributed by atoms with Gasteiger partial charge in [-0.25, -0.2) is 0 Å². The molecule has 0 aliphatic rings. The summed E-state index contributed by atoms with van der Waals surface area (Å²) in [5, 5.41) is 7.81. The van der Waals surface area contributed by atoms with E-state index in [1.54, 1.807) is 0 Å². The zero-order valence-corrected chi connectivity index (χ0v) is 10.4. The van der Waals surface area contributed by atoms with E-state index in [1.807, 2.05) is 24.0 Å². The molecule has 1 N–H and O–H groups in total. The second-order valence-corrected chi connectivity index (χ2v) is 4.25. The lowest BCUT2D eigenvalue weighted by Gasteiger charge is -2.17. The Morgan fingerprint density at radius 2 is 2.00 bits per heavy atom. The van der Waals surface area contributed by atoms with E-state index < -0.39 is 0 Å². The van der Waals surface area contributed by atoms with Gasteiger partial charge in [0, 0.05) is 18.8 Å². The van der Waals surface area contributed by atoms with Crippen molar-refractivity contribution >= 4 is 0 Å². The van der Waals surface area contributed by atoms with Gasteiger partial charge >= 0.3 is 0 Å². The molecule has 0 saturated heterocycles. The smallest absolute Gasteiger partial charge is 0.0607 e. The van der Waals surface area contributed by atoms with E-state index in [4.69, 9.17) is 0 Å². The summed E-state index contributed by atoms with van der Waals surface area (Å²) in [6, 6.07) is 10.7. The topological polar surface area (TPSA) is 29.9 Å². The summed E-state index contributed by atoms with van der Waals surface area (Å²) in [6.07, 6.45) is 5.13. The van der Waals surface area contributed by atoms with Gasteiger partial charge < -0.3 is 5.32 Å². The molecule has 1 aromatic heterocycles. The summed E-state index contributed by atoms with van der Waals surface area (Å²) in [5.41, 5.74) is 2.50. The van der Waals surface area contributed by atoms with Crippen molar-refractivity contribution in [1.29, 1.82) is 0 Å². The molecule has 2 aromatic rings. The number of nitrogens with zero attached hydrogens (tertiary/aromatic N) is 2. The lowest BCUT2D eigenvalue weighted by Crippen LogP contribution is -2.22.